The van der Waals surface area contributed by atoms with Crippen molar-refractivity contribution < 1.29 is 18.3 Å². The second-order valence-corrected chi connectivity index (χ2v) is 5.60. The van der Waals surface area contributed by atoms with E-state index in [1.165, 1.54) is 4.90 Å². The fraction of sp³-hybridized carbons (Fsp3) is 0.533. The van der Waals surface area contributed by atoms with E-state index in [9.17, 15) is 13.6 Å². The molecule has 21 heavy (non-hydrogen) atoms. The number of halogens is 2. The van der Waals surface area contributed by atoms with Crippen LogP contribution in [0.25, 0.3) is 0 Å². The summed E-state index contributed by atoms with van der Waals surface area (Å²) in [7, 11) is 0. The number of hydrogen-bond acceptors (Lipinski definition) is 3. The molecule has 2 aliphatic heterocycles. The average molecular weight is 296 g/mol. The summed E-state index contributed by atoms with van der Waals surface area (Å²) in [4.78, 5) is 13.3. The Bertz CT molecular complexity index is 510. The minimum atomic E-state index is -2.84. The Morgan fingerprint density at radius 3 is 2.90 bits per heavy atom. The number of nitrogens with zero attached hydrogens (tertiary/aromatic N) is 1. The van der Waals surface area contributed by atoms with Gasteiger partial charge in [-0.1, -0.05) is 30.3 Å². The summed E-state index contributed by atoms with van der Waals surface area (Å²) in [6.07, 6.45) is -0.103. The van der Waals surface area contributed by atoms with E-state index in [1.54, 1.807) is 0 Å². The molecule has 0 saturated carbocycles. The van der Waals surface area contributed by atoms with Gasteiger partial charge in [-0.05, 0) is 18.5 Å². The first-order chi connectivity index (χ1) is 10.1. The van der Waals surface area contributed by atoms with Crippen LogP contribution in [0.5, 0.6) is 0 Å². The van der Waals surface area contributed by atoms with Crippen molar-refractivity contribution in [1.82, 2.24) is 10.2 Å². The number of hydrogen-bond donors (Lipinski definition) is 1. The third-order valence-electron chi connectivity index (χ3n) is 4.21. The number of carbonyl (C=O) groups is 1. The highest BCUT2D eigenvalue weighted by Gasteiger charge is 2.56. The van der Waals surface area contributed by atoms with Gasteiger partial charge in [0.1, 0.15) is 6.61 Å². The fourth-order valence-electron chi connectivity index (χ4n) is 3.11. The lowest BCUT2D eigenvalue weighted by molar-refractivity contribution is -0.0328. The van der Waals surface area contributed by atoms with Crippen LogP contribution in [-0.2, 0) is 11.3 Å². The molecule has 0 radical (unpaired) electrons. The van der Waals surface area contributed by atoms with Gasteiger partial charge < -0.3 is 10.1 Å². The predicted molar refractivity (Wildman–Crippen MR) is 73.0 cm³/mol. The maximum atomic E-state index is 14.0. The first kappa shape index (κ1) is 14.3. The molecule has 1 aromatic rings. The molecule has 0 aliphatic carbocycles. The third-order valence-corrected chi connectivity index (χ3v) is 4.21. The van der Waals surface area contributed by atoms with Crippen molar-refractivity contribution >= 4 is 6.09 Å². The molecule has 0 spiro atoms. The summed E-state index contributed by atoms with van der Waals surface area (Å²) in [5.74, 6) is -3.65. The van der Waals surface area contributed by atoms with Gasteiger partial charge in [-0.2, -0.15) is 0 Å². The molecule has 1 aromatic carbocycles. The lowest BCUT2D eigenvalue weighted by Crippen LogP contribution is -2.47. The summed E-state index contributed by atoms with van der Waals surface area (Å²) < 4.78 is 33.1. The number of fused-ring (bicyclic) bond motifs is 1. The summed E-state index contributed by atoms with van der Waals surface area (Å²) >= 11 is 0. The van der Waals surface area contributed by atoms with Crippen LogP contribution in [0.1, 0.15) is 12.0 Å². The van der Waals surface area contributed by atoms with Gasteiger partial charge in [0, 0.05) is 12.6 Å². The van der Waals surface area contributed by atoms with Crippen LogP contribution < -0.4 is 5.32 Å². The number of ether oxygens (including phenoxy) is 1. The molecule has 0 unspecified atom stereocenters. The predicted octanol–water partition coefficient (Wildman–Crippen LogP) is 2.25. The molecule has 1 amide bonds. The molecule has 2 saturated heterocycles. The number of benzene rings is 1. The molecule has 4 nitrogen and oxygen atoms in total. The molecular formula is C15H18F2N2O2. The molecule has 2 heterocycles. The number of rotatable bonds is 2. The van der Waals surface area contributed by atoms with Crippen LogP contribution in [-0.4, -0.2) is 42.6 Å². The normalized spacial score (nSPS) is 27.2. The van der Waals surface area contributed by atoms with Gasteiger partial charge in [0.15, 0.2) is 0 Å². The zero-order chi connectivity index (χ0) is 14.9. The van der Waals surface area contributed by atoms with Gasteiger partial charge in [0.25, 0.3) is 5.92 Å². The van der Waals surface area contributed by atoms with Crippen LogP contribution in [0.2, 0.25) is 0 Å². The Labute approximate surface area is 122 Å². The number of amides is 1. The van der Waals surface area contributed by atoms with Crippen LogP contribution in [0, 0.1) is 5.92 Å². The van der Waals surface area contributed by atoms with Crippen molar-refractivity contribution in [2.75, 3.05) is 19.6 Å². The molecular weight excluding hydrogens is 278 g/mol. The van der Waals surface area contributed by atoms with E-state index in [0.29, 0.717) is 13.0 Å². The second kappa shape index (κ2) is 5.60. The van der Waals surface area contributed by atoms with Crippen molar-refractivity contribution in [3.8, 4) is 0 Å². The Balaban J connectivity index is 1.64. The van der Waals surface area contributed by atoms with Crippen molar-refractivity contribution in [3.05, 3.63) is 35.9 Å². The highest BCUT2D eigenvalue weighted by molar-refractivity contribution is 5.69. The number of likely N-dealkylation sites (tertiary alicyclic amines) is 1. The number of piperidine rings is 1. The van der Waals surface area contributed by atoms with E-state index in [2.05, 4.69) is 5.32 Å². The maximum absolute atomic E-state index is 14.0. The SMILES string of the molecule is O=C(OCc1ccccc1)N1CC(F)(F)[C@H]2CNCC[C@H]21. The molecule has 1 N–H and O–H groups in total. The van der Waals surface area contributed by atoms with Gasteiger partial charge >= 0.3 is 6.09 Å². The first-order valence-electron chi connectivity index (χ1n) is 7.14. The topological polar surface area (TPSA) is 41.6 Å². The molecule has 2 fully saturated rings. The van der Waals surface area contributed by atoms with E-state index in [4.69, 9.17) is 4.74 Å². The number of alkyl halides is 2. The van der Waals surface area contributed by atoms with E-state index in [1.807, 2.05) is 30.3 Å². The standard InChI is InChI=1S/C15H18F2N2O2/c16-15(17)10-19(13-6-7-18-8-12(13)15)14(20)21-9-11-4-2-1-3-5-11/h1-5,12-13,18H,6-10H2/t12-,13+/m0/s1. The van der Waals surface area contributed by atoms with Gasteiger partial charge in [0.2, 0.25) is 0 Å². The van der Waals surface area contributed by atoms with Gasteiger partial charge in [-0.3, -0.25) is 4.90 Å². The molecule has 114 valence electrons. The van der Waals surface area contributed by atoms with Crippen molar-refractivity contribution in [1.29, 1.82) is 0 Å². The third kappa shape index (κ3) is 2.85. The second-order valence-electron chi connectivity index (χ2n) is 5.60. The molecule has 0 aromatic heterocycles. The largest absolute Gasteiger partial charge is 0.445 e. The summed E-state index contributed by atoms with van der Waals surface area (Å²) in [5.41, 5.74) is 0.846. The van der Waals surface area contributed by atoms with Crippen LogP contribution in [0.3, 0.4) is 0 Å². The molecule has 2 atom stereocenters. The zero-order valence-electron chi connectivity index (χ0n) is 11.6. The van der Waals surface area contributed by atoms with Crippen LogP contribution in [0.4, 0.5) is 13.6 Å². The summed E-state index contributed by atoms with van der Waals surface area (Å²) in [5, 5.41) is 2.97. The quantitative estimate of drug-likeness (QED) is 0.910. The van der Waals surface area contributed by atoms with Gasteiger partial charge in [0.05, 0.1) is 12.5 Å². The molecule has 6 heteroatoms. The Hall–Kier alpha value is -1.69. The minimum Gasteiger partial charge on any atom is -0.445 e. The lowest BCUT2D eigenvalue weighted by atomic mass is 9.92. The summed E-state index contributed by atoms with van der Waals surface area (Å²) in [6.45, 7) is 0.467. The average Bonchev–Trinajstić information content (AvgIpc) is 2.78. The Morgan fingerprint density at radius 2 is 2.14 bits per heavy atom. The fourth-order valence-corrected chi connectivity index (χ4v) is 3.11. The van der Waals surface area contributed by atoms with Gasteiger partial charge in [-0.25, -0.2) is 13.6 Å². The number of carbonyl (C=O) groups excluding carboxylic acids is 1. The smallest absolute Gasteiger partial charge is 0.410 e. The highest BCUT2D eigenvalue weighted by Crippen LogP contribution is 2.40. The van der Waals surface area contributed by atoms with Crippen molar-refractivity contribution in [2.45, 2.75) is 25.0 Å². The monoisotopic (exact) mass is 296 g/mol. The van der Waals surface area contributed by atoms with Gasteiger partial charge in [-0.15, -0.1) is 0 Å². The number of nitrogens with one attached hydrogen (secondary N) is 1. The van der Waals surface area contributed by atoms with E-state index < -0.39 is 30.5 Å². The van der Waals surface area contributed by atoms with Crippen LogP contribution >= 0.6 is 0 Å². The molecule has 3 rings (SSSR count). The Morgan fingerprint density at radius 1 is 1.38 bits per heavy atom. The van der Waals surface area contributed by atoms with E-state index >= 15 is 0 Å². The maximum Gasteiger partial charge on any atom is 0.410 e. The molecule has 2 aliphatic rings. The molecule has 0 bridgehead atoms. The first-order valence-corrected chi connectivity index (χ1v) is 7.14. The van der Waals surface area contributed by atoms with Crippen LogP contribution in [0.15, 0.2) is 30.3 Å². The zero-order valence-corrected chi connectivity index (χ0v) is 11.6. The van der Waals surface area contributed by atoms with Crippen molar-refractivity contribution in [3.63, 3.8) is 0 Å². The minimum absolute atomic E-state index is 0.109. The van der Waals surface area contributed by atoms with E-state index in [-0.39, 0.29) is 13.2 Å². The summed E-state index contributed by atoms with van der Waals surface area (Å²) in [6, 6.07) is 8.79. The highest BCUT2D eigenvalue weighted by atomic mass is 19.3. The van der Waals surface area contributed by atoms with Crippen molar-refractivity contribution in [2.24, 2.45) is 5.92 Å². The Kier molecular flexibility index (Phi) is 3.80. The van der Waals surface area contributed by atoms with E-state index in [0.717, 1.165) is 5.56 Å². The lowest BCUT2D eigenvalue weighted by Gasteiger charge is -2.31.